The number of ether oxygens (including phenoxy) is 2. The number of nitrogens with zero attached hydrogens (tertiary/aromatic N) is 2. The van der Waals surface area contributed by atoms with Gasteiger partial charge in [0, 0.05) is 106 Å². The van der Waals surface area contributed by atoms with Crippen molar-refractivity contribution < 1.29 is 102 Å². The standard InChI is InChI=1S/C80H107N9O21.C2H6/c1-46(2)31-55-37-65(94)49(6)83-72(102)57(36-61-59-18-12-11-17-54(59)42-82-61)39-66(95)63(35-52-19-22-58(93)23-20-52)85-71(101)53(21-24-70(99)100)40-69(98)80(87-74(104)56(34-51-15-9-8-10-16-51)38-67(96)64(43-90)86-75(105)60(50(7)92)33-48(5)91)26-28-89(45-80)78(108)110-30-14-13-29-109-77(107)88-27-25-79(44-88,76(81)106)41-68(97)62(32-47(3)4)84-73(55)103;1-2/h8-12,15-20,22-23,42,46-47,49-50,53,55-57,60,62-64,82,90,92-93H,13-14,21,24-41,43-45H2,1-7H3,(H2,81,106)(H,83,102)(H,84,103)(H,85,101)(H,86,105)(H,87,104)(H,99,100);1-2H3/t49-,50?,53+,55+,56+,57+,60-,62-,63-,64-,79-,80+;/m0./s1. The molecule has 3 saturated heterocycles. The number of aliphatic hydroxyl groups is 2. The lowest BCUT2D eigenvalue weighted by Crippen LogP contribution is -2.59. The zero-order valence-electron chi connectivity index (χ0n) is 65.7. The number of carbonyl (C=O) groups excluding carboxylic acids is 14. The summed E-state index contributed by atoms with van der Waals surface area (Å²) < 4.78 is 11.2. The molecule has 612 valence electrons. The summed E-state index contributed by atoms with van der Waals surface area (Å²) in [5, 5.41) is 56.5. The number of phenols is 1. The highest BCUT2D eigenvalue weighted by Gasteiger charge is 2.51. The molecule has 0 aliphatic carbocycles. The molecule has 0 spiro atoms. The molecule has 1 unspecified atom stereocenters. The van der Waals surface area contributed by atoms with Crippen LogP contribution in [-0.2, 0) is 91.1 Å². The maximum Gasteiger partial charge on any atom is 0.409 e. The van der Waals surface area contributed by atoms with Crippen LogP contribution in [0.2, 0.25) is 0 Å². The van der Waals surface area contributed by atoms with Crippen molar-refractivity contribution in [1.29, 1.82) is 0 Å². The number of nitrogens with one attached hydrogen (secondary N) is 6. The van der Waals surface area contributed by atoms with Gasteiger partial charge in [0.2, 0.25) is 35.4 Å². The first kappa shape index (κ1) is 90.7. The maximum atomic E-state index is 15.7. The van der Waals surface area contributed by atoms with Crippen LogP contribution < -0.4 is 32.3 Å². The number of carboxylic acid groups (broad SMARTS) is 1. The van der Waals surface area contributed by atoms with Crippen molar-refractivity contribution in [1.82, 2.24) is 41.4 Å². The number of amides is 8. The number of benzene rings is 3. The highest BCUT2D eigenvalue weighted by Crippen LogP contribution is 2.37. The zero-order valence-corrected chi connectivity index (χ0v) is 65.7. The number of aliphatic hydroxyl groups excluding tert-OH is 2. The summed E-state index contributed by atoms with van der Waals surface area (Å²) in [5.74, 6) is -17.8. The van der Waals surface area contributed by atoms with E-state index in [1.807, 2.05) is 47.6 Å². The Bertz CT molecular complexity index is 3970. The van der Waals surface area contributed by atoms with E-state index < -0.39 is 224 Å². The van der Waals surface area contributed by atoms with Gasteiger partial charge in [0.15, 0.2) is 28.9 Å². The summed E-state index contributed by atoms with van der Waals surface area (Å²) in [6.45, 7) is 12.6. The average molecular weight is 1560 g/mol. The summed E-state index contributed by atoms with van der Waals surface area (Å²) in [4.78, 5) is 219. The molecule has 4 aromatic rings. The number of rotatable bonds is 25. The predicted octanol–water partition coefficient (Wildman–Crippen LogP) is 5.88. The smallest absolute Gasteiger partial charge is 0.409 e. The van der Waals surface area contributed by atoms with Gasteiger partial charge in [0.25, 0.3) is 0 Å². The van der Waals surface area contributed by atoms with E-state index in [9.17, 15) is 68.4 Å². The Balaban J connectivity index is 0.00000970. The highest BCUT2D eigenvalue weighted by molar-refractivity contribution is 6.01. The van der Waals surface area contributed by atoms with Gasteiger partial charge >= 0.3 is 18.2 Å². The zero-order chi connectivity index (χ0) is 82.7. The van der Waals surface area contributed by atoms with Gasteiger partial charge in [-0.25, -0.2) is 9.59 Å². The molecule has 0 radical (unpaired) electrons. The number of nitrogens with two attached hydrogens (primary N) is 1. The molecule has 7 rings (SSSR count). The lowest BCUT2D eigenvalue weighted by atomic mass is 9.79. The van der Waals surface area contributed by atoms with Gasteiger partial charge in [-0.1, -0.05) is 108 Å². The number of cyclic esters (lactones) is 2. The number of Topliss-reactive ketones (excluding diaryl/α,β-unsaturated/α-hetero) is 6. The molecule has 3 fully saturated rings. The molecule has 12 N–H and O–H groups in total. The third kappa shape index (κ3) is 26.5. The number of fused-ring (bicyclic) bond motifs is 5. The van der Waals surface area contributed by atoms with Crippen molar-refractivity contribution in [3.05, 3.63) is 102 Å². The number of ketones is 6. The van der Waals surface area contributed by atoms with Gasteiger partial charge in [0.05, 0.1) is 67.8 Å². The fourth-order valence-corrected chi connectivity index (χ4v) is 14.5. The molecular formula is C82H113N9O21. The molecule has 112 heavy (non-hydrogen) atoms. The Kier molecular flexibility index (Phi) is 34.8. The second-order valence-electron chi connectivity index (χ2n) is 30.7. The monoisotopic (exact) mass is 1560 g/mol. The van der Waals surface area contributed by atoms with Gasteiger partial charge in [-0.15, -0.1) is 0 Å². The van der Waals surface area contributed by atoms with Crippen LogP contribution in [0.3, 0.4) is 0 Å². The highest BCUT2D eigenvalue weighted by atomic mass is 16.6. The first-order valence-corrected chi connectivity index (χ1v) is 38.8. The third-order valence-electron chi connectivity index (χ3n) is 20.9. The second kappa shape index (κ2) is 43.0. The molecule has 4 bridgehead atoms. The minimum absolute atomic E-state index is 0.0167. The quantitative estimate of drug-likeness (QED) is 0.0369. The number of hydrogen-bond donors (Lipinski definition) is 11. The first-order chi connectivity index (χ1) is 53.1. The molecule has 30 heteroatoms. The van der Waals surface area contributed by atoms with Crippen molar-refractivity contribution in [2.24, 2.45) is 52.6 Å². The topological polar surface area (TPSA) is 464 Å². The number of carbonyl (C=O) groups is 15. The normalized spacial score (nSPS) is 23.7. The van der Waals surface area contributed by atoms with E-state index in [0.29, 0.717) is 22.2 Å². The van der Waals surface area contributed by atoms with Gasteiger partial charge in [0.1, 0.15) is 23.1 Å². The number of primary amides is 1. The molecule has 3 aliphatic rings. The lowest BCUT2D eigenvalue weighted by Gasteiger charge is -2.33. The van der Waals surface area contributed by atoms with Gasteiger partial charge in [-0.05, 0) is 119 Å². The van der Waals surface area contributed by atoms with Crippen LogP contribution >= 0.6 is 0 Å². The number of aromatic nitrogens is 1. The minimum atomic E-state index is -2.14. The Morgan fingerprint density at radius 3 is 1.86 bits per heavy atom. The van der Waals surface area contributed by atoms with Gasteiger partial charge < -0.3 is 81.8 Å². The number of aromatic hydroxyl groups is 1. The van der Waals surface area contributed by atoms with E-state index in [1.54, 1.807) is 54.7 Å². The summed E-state index contributed by atoms with van der Waals surface area (Å²) >= 11 is 0. The fraction of sp³-hybridized carbons (Fsp3) is 0.573. The molecule has 0 saturated carbocycles. The van der Waals surface area contributed by atoms with E-state index in [2.05, 4.69) is 31.6 Å². The van der Waals surface area contributed by atoms with Gasteiger partial charge in [-0.3, -0.25) is 57.5 Å². The van der Waals surface area contributed by atoms with Crippen LogP contribution in [0.5, 0.6) is 5.75 Å². The summed E-state index contributed by atoms with van der Waals surface area (Å²) in [6, 6.07) is 15.5. The van der Waals surface area contributed by atoms with Crippen LogP contribution in [-0.4, -0.2) is 205 Å². The largest absolute Gasteiger partial charge is 0.508 e. The first-order valence-electron chi connectivity index (χ1n) is 38.8. The molecular weight excluding hydrogens is 1450 g/mol. The Labute approximate surface area is 652 Å². The van der Waals surface area contributed by atoms with E-state index in [4.69, 9.17) is 15.2 Å². The SMILES string of the molecule is CC.CC(=O)C[C@H](C(=O)N[C@@H](CO)C(=O)C[C@@H](Cc1ccccc1)C(=O)N[C@]12CCN(C1)C(=O)OCCCCOC(=O)N1CC[C@](C(N)=O)(CC(=O)[C@H](CC(C)C)NC(=O)[C@H](CC(C)C)CC(=O)[C@H](C)NC(=O)[C@H](Cc3[nH]cc4ccccc34)CC(=O)[C@H](Cc3ccc(O)cc3)NC(=O)[C@H](CCC(=O)O)CC2=O)C1)C(C)O. The fourth-order valence-electron chi connectivity index (χ4n) is 14.5. The van der Waals surface area contributed by atoms with Crippen LogP contribution in [0.4, 0.5) is 9.59 Å². The van der Waals surface area contributed by atoms with E-state index in [1.165, 1.54) is 49.9 Å². The number of phenolic OH excluding ortho intramolecular Hbond substituents is 1. The predicted molar refractivity (Wildman–Crippen MR) is 411 cm³/mol. The van der Waals surface area contributed by atoms with E-state index >= 15 is 24.0 Å². The number of H-pyrrole nitrogens is 1. The molecule has 1 aromatic heterocycles. The number of hydrogen-bond acceptors (Lipinski definition) is 20. The van der Waals surface area contributed by atoms with Crippen LogP contribution in [0.25, 0.3) is 10.8 Å². The van der Waals surface area contributed by atoms with Crippen molar-refractivity contribution in [2.75, 3.05) is 46.0 Å². The molecule has 8 amide bonds. The van der Waals surface area contributed by atoms with E-state index in [-0.39, 0.29) is 108 Å². The molecule has 4 heterocycles. The Morgan fingerprint density at radius 1 is 0.661 bits per heavy atom. The summed E-state index contributed by atoms with van der Waals surface area (Å²) in [6.07, 6.45) is -6.61. The third-order valence-corrected chi connectivity index (χ3v) is 20.9. The van der Waals surface area contributed by atoms with Gasteiger partial charge in [-0.2, -0.15) is 0 Å². The van der Waals surface area contributed by atoms with Crippen LogP contribution in [0.1, 0.15) is 169 Å². The minimum Gasteiger partial charge on any atom is -0.508 e. The molecule has 3 aliphatic heterocycles. The number of aliphatic carboxylic acids is 1. The van der Waals surface area contributed by atoms with Crippen molar-refractivity contribution in [2.45, 2.75) is 207 Å². The average Bonchev–Trinajstić information content (AvgIpc) is 1.61. The summed E-state index contributed by atoms with van der Waals surface area (Å²) in [7, 11) is 0. The van der Waals surface area contributed by atoms with Crippen LogP contribution in [0.15, 0.2) is 85.1 Å². The molecule has 30 nitrogen and oxygen atoms in total. The van der Waals surface area contributed by atoms with Crippen molar-refractivity contribution >= 4 is 99.1 Å². The second-order valence-corrected chi connectivity index (χ2v) is 30.7. The van der Waals surface area contributed by atoms with Crippen LogP contribution in [0, 0.1) is 46.8 Å². The maximum absolute atomic E-state index is 15.7. The summed E-state index contributed by atoms with van der Waals surface area (Å²) in [5.41, 5.74) is 3.76. The van der Waals surface area contributed by atoms with E-state index in [0.717, 1.165) is 10.3 Å². The van der Waals surface area contributed by atoms with Crippen molar-refractivity contribution in [3.8, 4) is 5.75 Å². The Morgan fingerprint density at radius 2 is 1.25 bits per heavy atom. The van der Waals surface area contributed by atoms with Crippen molar-refractivity contribution in [3.63, 3.8) is 0 Å². The molecule has 12 atom stereocenters. The number of aromatic amines is 1. The number of carboxylic acids is 1. The lowest BCUT2D eigenvalue weighted by molar-refractivity contribution is -0.140. The Hall–Kier alpha value is -10.2. The molecule has 3 aromatic carbocycles.